The molecule has 2 heterocycles. The SMILES string of the molecule is CC(C)=C/C=C(\C)c1nnc2ccc(Sc3ccc(F)cc3F)cn12. The van der Waals surface area contributed by atoms with E-state index in [0.29, 0.717) is 10.5 Å². The van der Waals surface area contributed by atoms with Gasteiger partial charge in [-0.25, -0.2) is 8.78 Å². The van der Waals surface area contributed by atoms with Gasteiger partial charge in [0.15, 0.2) is 11.5 Å². The zero-order valence-corrected chi connectivity index (χ0v) is 14.9. The van der Waals surface area contributed by atoms with Gasteiger partial charge in [0.05, 0.1) is 0 Å². The van der Waals surface area contributed by atoms with Crippen LogP contribution in [-0.2, 0) is 0 Å². The maximum absolute atomic E-state index is 13.9. The van der Waals surface area contributed by atoms with Crippen molar-refractivity contribution in [3.05, 3.63) is 71.7 Å². The van der Waals surface area contributed by atoms with Crippen molar-refractivity contribution in [1.29, 1.82) is 0 Å². The van der Waals surface area contributed by atoms with Gasteiger partial charge < -0.3 is 0 Å². The van der Waals surface area contributed by atoms with Gasteiger partial charge in [0.2, 0.25) is 0 Å². The Morgan fingerprint density at radius 2 is 1.84 bits per heavy atom. The zero-order chi connectivity index (χ0) is 18.0. The van der Waals surface area contributed by atoms with E-state index in [9.17, 15) is 8.78 Å². The standard InChI is InChI=1S/C19H17F2N3S/c1-12(2)4-5-13(3)19-23-22-18-9-7-15(11-24(18)19)25-17-8-6-14(20)10-16(17)21/h4-11H,1-3H3/b13-5+. The largest absolute Gasteiger partial charge is 0.282 e. The second kappa shape index (κ2) is 7.19. The van der Waals surface area contributed by atoms with Gasteiger partial charge in [-0.05, 0) is 50.6 Å². The Balaban J connectivity index is 1.97. The topological polar surface area (TPSA) is 30.2 Å². The van der Waals surface area contributed by atoms with Crippen LogP contribution in [0.5, 0.6) is 0 Å². The normalized spacial score (nSPS) is 11.8. The zero-order valence-electron chi connectivity index (χ0n) is 14.1. The highest BCUT2D eigenvalue weighted by atomic mass is 32.2. The van der Waals surface area contributed by atoms with E-state index in [0.717, 1.165) is 22.4 Å². The van der Waals surface area contributed by atoms with Crippen molar-refractivity contribution in [2.75, 3.05) is 0 Å². The van der Waals surface area contributed by atoms with Gasteiger partial charge in [0.25, 0.3) is 0 Å². The minimum atomic E-state index is -0.585. The summed E-state index contributed by atoms with van der Waals surface area (Å²) >= 11 is 1.23. The molecule has 3 nitrogen and oxygen atoms in total. The fourth-order valence-corrected chi connectivity index (χ4v) is 3.09. The number of rotatable bonds is 4. The van der Waals surface area contributed by atoms with Gasteiger partial charge in [0.1, 0.15) is 11.6 Å². The third-order valence-electron chi connectivity index (χ3n) is 3.52. The Labute approximate surface area is 149 Å². The highest BCUT2D eigenvalue weighted by Gasteiger charge is 2.10. The first kappa shape index (κ1) is 17.4. The van der Waals surface area contributed by atoms with E-state index < -0.39 is 11.6 Å². The average Bonchev–Trinajstić information content (AvgIpc) is 2.98. The highest BCUT2D eigenvalue weighted by molar-refractivity contribution is 7.99. The van der Waals surface area contributed by atoms with Crippen molar-refractivity contribution in [3.8, 4) is 0 Å². The first-order valence-electron chi connectivity index (χ1n) is 7.74. The molecule has 0 aliphatic carbocycles. The summed E-state index contributed by atoms with van der Waals surface area (Å²) in [6.45, 7) is 6.02. The van der Waals surface area contributed by atoms with E-state index in [1.54, 1.807) is 0 Å². The smallest absolute Gasteiger partial charge is 0.163 e. The molecule has 1 aromatic carbocycles. The van der Waals surface area contributed by atoms with Crippen molar-refractivity contribution in [3.63, 3.8) is 0 Å². The van der Waals surface area contributed by atoms with E-state index in [4.69, 9.17) is 0 Å². The number of pyridine rings is 1. The Hall–Kier alpha value is -2.47. The minimum absolute atomic E-state index is 0.368. The second-order valence-corrected chi connectivity index (χ2v) is 7.00. The van der Waals surface area contributed by atoms with Crippen LogP contribution in [0.4, 0.5) is 8.78 Å². The maximum atomic E-state index is 13.9. The summed E-state index contributed by atoms with van der Waals surface area (Å²) in [5, 5.41) is 8.40. The highest BCUT2D eigenvalue weighted by Crippen LogP contribution is 2.30. The fourth-order valence-electron chi connectivity index (χ4n) is 2.25. The Morgan fingerprint density at radius 1 is 1.04 bits per heavy atom. The lowest BCUT2D eigenvalue weighted by Gasteiger charge is -2.05. The predicted molar refractivity (Wildman–Crippen MR) is 96.6 cm³/mol. The van der Waals surface area contributed by atoms with E-state index in [1.165, 1.54) is 29.5 Å². The molecule has 0 saturated heterocycles. The summed E-state index contributed by atoms with van der Waals surface area (Å²) in [7, 11) is 0. The monoisotopic (exact) mass is 357 g/mol. The first-order chi connectivity index (χ1) is 11.9. The van der Waals surface area contributed by atoms with Crippen molar-refractivity contribution in [2.45, 2.75) is 30.6 Å². The summed E-state index contributed by atoms with van der Waals surface area (Å²) in [5.74, 6) is -0.429. The molecule has 3 rings (SSSR count). The molecule has 0 spiro atoms. The van der Waals surface area contributed by atoms with Crippen molar-refractivity contribution < 1.29 is 8.78 Å². The van der Waals surface area contributed by atoms with Gasteiger partial charge >= 0.3 is 0 Å². The molecule has 0 aliphatic heterocycles. The van der Waals surface area contributed by atoms with Crippen LogP contribution < -0.4 is 0 Å². The van der Waals surface area contributed by atoms with Gasteiger partial charge in [-0.2, -0.15) is 0 Å². The number of hydrogen-bond donors (Lipinski definition) is 0. The van der Waals surface area contributed by atoms with E-state index >= 15 is 0 Å². The van der Waals surface area contributed by atoms with E-state index in [2.05, 4.69) is 10.2 Å². The maximum Gasteiger partial charge on any atom is 0.163 e. The molecule has 0 fully saturated rings. The van der Waals surface area contributed by atoms with Crippen molar-refractivity contribution >= 4 is 23.0 Å². The van der Waals surface area contributed by atoms with Crippen LogP contribution in [0.3, 0.4) is 0 Å². The number of nitrogens with zero attached hydrogens (tertiary/aromatic N) is 3. The number of benzene rings is 1. The summed E-state index contributed by atoms with van der Waals surface area (Å²) in [6, 6.07) is 7.25. The lowest BCUT2D eigenvalue weighted by molar-refractivity contribution is 0.565. The molecule has 0 aliphatic rings. The molecule has 0 saturated carbocycles. The molecule has 0 atom stereocenters. The Kier molecular flexibility index (Phi) is 4.99. The number of halogens is 2. The molecule has 0 N–H and O–H groups in total. The molecule has 0 amide bonds. The van der Waals surface area contributed by atoms with Gasteiger partial charge in [0, 0.05) is 22.1 Å². The number of hydrogen-bond acceptors (Lipinski definition) is 3. The lowest BCUT2D eigenvalue weighted by atomic mass is 10.2. The number of aromatic nitrogens is 3. The molecule has 128 valence electrons. The van der Waals surface area contributed by atoms with Gasteiger partial charge in [-0.1, -0.05) is 29.5 Å². The molecule has 6 heteroatoms. The molecule has 3 aromatic rings. The van der Waals surface area contributed by atoms with Crippen LogP contribution in [0.2, 0.25) is 0 Å². The van der Waals surface area contributed by atoms with Crippen LogP contribution in [0.15, 0.2) is 64.0 Å². The molecular formula is C19H17F2N3S. The predicted octanol–water partition coefficient (Wildman–Crippen LogP) is 5.53. The van der Waals surface area contributed by atoms with Crippen LogP contribution in [0.25, 0.3) is 11.2 Å². The van der Waals surface area contributed by atoms with Crippen LogP contribution in [0.1, 0.15) is 26.6 Å². The summed E-state index contributed by atoms with van der Waals surface area (Å²) in [4.78, 5) is 1.18. The fraction of sp³-hybridized carbons (Fsp3) is 0.158. The number of allylic oxidation sites excluding steroid dienone is 4. The van der Waals surface area contributed by atoms with E-state index in [1.807, 2.05) is 55.7 Å². The van der Waals surface area contributed by atoms with Gasteiger partial charge in [-0.3, -0.25) is 4.40 Å². The molecule has 2 aromatic heterocycles. The Morgan fingerprint density at radius 3 is 2.56 bits per heavy atom. The van der Waals surface area contributed by atoms with Crippen LogP contribution in [0, 0.1) is 11.6 Å². The average molecular weight is 357 g/mol. The molecule has 25 heavy (non-hydrogen) atoms. The molecular weight excluding hydrogens is 340 g/mol. The first-order valence-corrected chi connectivity index (χ1v) is 8.55. The summed E-state index contributed by atoms with van der Waals surface area (Å²) in [5.41, 5.74) is 2.88. The summed E-state index contributed by atoms with van der Waals surface area (Å²) < 4.78 is 28.8. The third-order valence-corrected chi connectivity index (χ3v) is 4.54. The third kappa shape index (κ3) is 3.96. The van der Waals surface area contributed by atoms with E-state index in [-0.39, 0.29) is 0 Å². The van der Waals surface area contributed by atoms with Crippen molar-refractivity contribution in [1.82, 2.24) is 14.6 Å². The summed E-state index contributed by atoms with van der Waals surface area (Å²) in [6.07, 6.45) is 5.87. The van der Waals surface area contributed by atoms with Crippen LogP contribution in [-0.4, -0.2) is 14.6 Å². The van der Waals surface area contributed by atoms with Crippen LogP contribution >= 0.6 is 11.8 Å². The quantitative estimate of drug-likeness (QED) is 0.575. The minimum Gasteiger partial charge on any atom is -0.282 e. The van der Waals surface area contributed by atoms with Gasteiger partial charge in [-0.15, -0.1) is 10.2 Å². The second-order valence-electron chi connectivity index (χ2n) is 5.89. The molecule has 0 bridgehead atoms. The lowest BCUT2D eigenvalue weighted by Crippen LogP contribution is -1.93. The molecule has 0 radical (unpaired) electrons. The number of fused-ring (bicyclic) bond motifs is 1. The Bertz CT molecular complexity index is 985. The molecule has 0 unspecified atom stereocenters. The van der Waals surface area contributed by atoms with Crippen molar-refractivity contribution in [2.24, 2.45) is 0 Å².